The van der Waals surface area contributed by atoms with Crippen molar-refractivity contribution in [3.63, 3.8) is 0 Å². The first-order chi connectivity index (χ1) is 13.8. The van der Waals surface area contributed by atoms with Gasteiger partial charge in [0.2, 0.25) is 11.8 Å². The number of anilines is 2. The van der Waals surface area contributed by atoms with Crippen molar-refractivity contribution >= 4 is 29.0 Å². The van der Waals surface area contributed by atoms with Crippen molar-refractivity contribution in [3.05, 3.63) is 59.2 Å². The number of rotatable bonds is 5. The van der Waals surface area contributed by atoms with Crippen molar-refractivity contribution in [2.45, 2.75) is 46.5 Å². The molecule has 1 aliphatic rings. The highest BCUT2D eigenvalue weighted by Crippen LogP contribution is 2.31. The zero-order valence-corrected chi connectivity index (χ0v) is 17.2. The maximum atomic E-state index is 12.7. The molecule has 5 nitrogen and oxygen atoms in total. The Bertz CT molecular complexity index is 927. The van der Waals surface area contributed by atoms with Crippen LogP contribution in [0.1, 0.15) is 54.1 Å². The molecule has 0 atom stereocenters. The van der Waals surface area contributed by atoms with Crippen molar-refractivity contribution in [2.24, 2.45) is 11.8 Å². The molecule has 0 bridgehead atoms. The summed E-state index contributed by atoms with van der Waals surface area (Å²) in [5.74, 6) is -0.219. The van der Waals surface area contributed by atoms with Crippen LogP contribution in [0.2, 0.25) is 0 Å². The number of hydrogen-bond donors (Lipinski definition) is 2. The van der Waals surface area contributed by atoms with E-state index in [9.17, 15) is 14.4 Å². The Balaban J connectivity index is 1.53. The summed E-state index contributed by atoms with van der Waals surface area (Å²) in [4.78, 5) is 36.8. The van der Waals surface area contributed by atoms with Crippen LogP contribution in [0.15, 0.2) is 42.5 Å². The van der Waals surface area contributed by atoms with Gasteiger partial charge < -0.3 is 10.6 Å². The molecule has 0 heterocycles. The molecule has 152 valence electrons. The van der Waals surface area contributed by atoms with Crippen LogP contribution in [0.4, 0.5) is 11.4 Å². The van der Waals surface area contributed by atoms with E-state index in [1.807, 2.05) is 32.0 Å². The van der Waals surface area contributed by atoms with E-state index in [4.69, 9.17) is 0 Å². The van der Waals surface area contributed by atoms with Crippen LogP contribution in [-0.4, -0.2) is 17.6 Å². The maximum absolute atomic E-state index is 12.7. The molecule has 0 radical (unpaired) electrons. The number of carbonyl (C=O) groups is 3. The van der Waals surface area contributed by atoms with Gasteiger partial charge >= 0.3 is 0 Å². The average Bonchev–Trinajstić information content (AvgIpc) is 2.71. The number of Topliss-reactive ketones (excluding diaryl/α,β-unsaturated/α-hetero) is 1. The van der Waals surface area contributed by atoms with Crippen LogP contribution >= 0.6 is 0 Å². The Labute approximate surface area is 171 Å². The monoisotopic (exact) mass is 392 g/mol. The van der Waals surface area contributed by atoms with Crippen molar-refractivity contribution in [3.8, 4) is 0 Å². The minimum atomic E-state index is -0.110. The Morgan fingerprint density at radius 2 is 1.45 bits per heavy atom. The van der Waals surface area contributed by atoms with E-state index in [0.29, 0.717) is 36.9 Å². The number of amides is 2. The normalized spacial score (nSPS) is 18.7. The van der Waals surface area contributed by atoms with E-state index in [0.717, 1.165) is 16.8 Å². The van der Waals surface area contributed by atoms with E-state index >= 15 is 0 Å². The molecule has 0 spiro atoms. The standard InChI is InChI=1S/C24H28N2O3/c1-15-7-8-16(2)22(13-15)26-24(29)19-11-9-18(10-12-19)23(28)25-21-6-4-5-20(14-21)17(3)27/h4-8,13-14,18-19H,9-12H2,1-3H3,(H,25,28)(H,26,29). The van der Waals surface area contributed by atoms with Gasteiger partial charge in [-0.25, -0.2) is 0 Å². The molecular weight excluding hydrogens is 364 g/mol. The smallest absolute Gasteiger partial charge is 0.227 e. The molecule has 0 aliphatic heterocycles. The first-order valence-electron chi connectivity index (χ1n) is 10.1. The fraction of sp³-hybridized carbons (Fsp3) is 0.375. The van der Waals surface area contributed by atoms with E-state index in [1.54, 1.807) is 24.3 Å². The highest BCUT2D eigenvalue weighted by atomic mass is 16.2. The largest absolute Gasteiger partial charge is 0.326 e. The molecule has 5 heteroatoms. The summed E-state index contributed by atoms with van der Waals surface area (Å²) in [6.45, 7) is 5.49. The Hall–Kier alpha value is -2.95. The molecular formula is C24H28N2O3. The van der Waals surface area contributed by atoms with Crippen molar-refractivity contribution < 1.29 is 14.4 Å². The minimum absolute atomic E-state index is 0.0310. The lowest BCUT2D eigenvalue weighted by Crippen LogP contribution is -2.32. The molecule has 2 N–H and O–H groups in total. The van der Waals surface area contributed by atoms with Gasteiger partial charge in [0.05, 0.1) is 0 Å². The second-order valence-corrected chi connectivity index (χ2v) is 7.98. The van der Waals surface area contributed by atoms with E-state index < -0.39 is 0 Å². The van der Waals surface area contributed by atoms with Crippen LogP contribution in [-0.2, 0) is 9.59 Å². The molecule has 2 aromatic rings. The molecule has 1 fully saturated rings. The van der Waals surface area contributed by atoms with E-state index in [1.165, 1.54) is 6.92 Å². The SMILES string of the molecule is CC(=O)c1cccc(NC(=O)C2CCC(C(=O)Nc3cc(C)ccc3C)CC2)c1. The third-order valence-corrected chi connectivity index (χ3v) is 5.66. The number of aryl methyl sites for hydroxylation is 2. The summed E-state index contributed by atoms with van der Waals surface area (Å²) < 4.78 is 0. The first kappa shape index (κ1) is 20.8. The van der Waals surface area contributed by atoms with E-state index in [-0.39, 0.29) is 29.4 Å². The van der Waals surface area contributed by atoms with Gasteiger partial charge in [-0.05, 0) is 75.8 Å². The van der Waals surface area contributed by atoms with Crippen LogP contribution in [0.5, 0.6) is 0 Å². The predicted octanol–water partition coefficient (Wildman–Crippen LogP) is 4.89. The second-order valence-electron chi connectivity index (χ2n) is 7.98. The number of nitrogens with one attached hydrogen (secondary N) is 2. The zero-order valence-electron chi connectivity index (χ0n) is 17.2. The first-order valence-corrected chi connectivity index (χ1v) is 10.1. The molecule has 0 unspecified atom stereocenters. The van der Waals surface area contributed by atoms with Crippen LogP contribution in [0.3, 0.4) is 0 Å². The van der Waals surface area contributed by atoms with Gasteiger partial charge in [0, 0.05) is 28.8 Å². The summed E-state index contributed by atoms with van der Waals surface area (Å²) in [7, 11) is 0. The fourth-order valence-electron chi connectivity index (χ4n) is 3.78. The molecule has 1 aliphatic carbocycles. The lowest BCUT2D eigenvalue weighted by Gasteiger charge is -2.27. The average molecular weight is 392 g/mol. The van der Waals surface area contributed by atoms with Crippen molar-refractivity contribution in [2.75, 3.05) is 10.6 Å². The van der Waals surface area contributed by atoms with Gasteiger partial charge in [-0.15, -0.1) is 0 Å². The fourth-order valence-corrected chi connectivity index (χ4v) is 3.78. The Morgan fingerprint density at radius 3 is 2.07 bits per heavy atom. The summed E-state index contributed by atoms with van der Waals surface area (Å²) in [5.41, 5.74) is 4.23. The number of benzene rings is 2. The minimum Gasteiger partial charge on any atom is -0.326 e. The maximum Gasteiger partial charge on any atom is 0.227 e. The summed E-state index contributed by atoms with van der Waals surface area (Å²) >= 11 is 0. The predicted molar refractivity (Wildman–Crippen MR) is 115 cm³/mol. The molecule has 3 rings (SSSR count). The number of hydrogen-bond acceptors (Lipinski definition) is 3. The lowest BCUT2D eigenvalue weighted by atomic mass is 9.81. The summed E-state index contributed by atoms with van der Waals surface area (Å²) in [6, 6.07) is 13.0. The third-order valence-electron chi connectivity index (χ3n) is 5.66. The topological polar surface area (TPSA) is 75.3 Å². The van der Waals surface area contributed by atoms with Crippen LogP contribution in [0.25, 0.3) is 0 Å². The Morgan fingerprint density at radius 1 is 0.828 bits per heavy atom. The molecule has 2 amide bonds. The molecule has 1 saturated carbocycles. The van der Waals surface area contributed by atoms with Crippen molar-refractivity contribution in [1.29, 1.82) is 0 Å². The lowest BCUT2D eigenvalue weighted by molar-refractivity contribution is -0.125. The van der Waals surface area contributed by atoms with Gasteiger partial charge in [-0.2, -0.15) is 0 Å². The summed E-state index contributed by atoms with van der Waals surface area (Å²) in [5, 5.41) is 5.96. The zero-order chi connectivity index (χ0) is 21.0. The molecule has 2 aromatic carbocycles. The van der Waals surface area contributed by atoms with Crippen LogP contribution in [0, 0.1) is 25.7 Å². The van der Waals surface area contributed by atoms with Gasteiger partial charge in [-0.1, -0.05) is 24.3 Å². The van der Waals surface area contributed by atoms with Crippen LogP contribution < -0.4 is 10.6 Å². The third kappa shape index (κ3) is 5.31. The van der Waals surface area contributed by atoms with Gasteiger partial charge in [0.25, 0.3) is 0 Å². The number of ketones is 1. The van der Waals surface area contributed by atoms with Gasteiger partial charge in [0.1, 0.15) is 0 Å². The highest BCUT2D eigenvalue weighted by Gasteiger charge is 2.30. The number of carbonyl (C=O) groups excluding carboxylic acids is 3. The second kappa shape index (κ2) is 9.03. The van der Waals surface area contributed by atoms with Crippen molar-refractivity contribution in [1.82, 2.24) is 0 Å². The molecule has 0 saturated heterocycles. The summed E-state index contributed by atoms with van der Waals surface area (Å²) in [6.07, 6.45) is 2.76. The molecule has 29 heavy (non-hydrogen) atoms. The highest BCUT2D eigenvalue weighted by molar-refractivity contribution is 5.98. The van der Waals surface area contributed by atoms with Gasteiger partial charge in [0.15, 0.2) is 5.78 Å². The van der Waals surface area contributed by atoms with E-state index in [2.05, 4.69) is 10.6 Å². The Kier molecular flexibility index (Phi) is 6.47. The quantitative estimate of drug-likeness (QED) is 0.712. The van der Waals surface area contributed by atoms with Gasteiger partial charge in [-0.3, -0.25) is 14.4 Å². The molecule has 0 aromatic heterocycles.